The fourth-order valence-electron chi connectivity index (χ4n) is 3.23. The Kier molecular flexibility index (Phi) is 5.65. The van der Waals surface area contributed by atoms with E-state index in [-0.39, 0.29) is 10.7 Å². The standard InChI is InChI=1S/C20H26N2O4S/c1-11(2)12(3)17-13(4)15(9-10-16(17)27(8,24)25)19(23)18-14(5)21-22(6)20(18)26-7/h9-10H,1-8H3. The highest BCUT2D eigenvalue weighted by Gasteiger charge is 2.27. The lowest BCUT2D eigenvalue weighted by atomic mass is 9.91. The summed E-state index contributed by atoms with van der Waals surface area (Å²) in [6.45, 7) is 9.24. The van der Waals surface area contributed by atoms with E-state index in [2.05, 4.69) is 5.10 Å². The number of aryl methyl sites for hydroxylation is 2. The number of carbonyl (C=O) groups is 1. The first kappa shape index (κ1) is 20.9. The number of benzene rings is 1. The van der Waals surface area contributed by atoms with Crippen molar-refractivity contribution in [2.45, 2.75) is 39.5 Å². The van der Waals surface area contributed by atoms with Gasteiger partial charge in [0.15, 0.2) is 9.84 Å². The van der Waals surface area contributed by atoms with Gasteiger partial charge in [-0.15, -0.1) is 0 Å². The Morgan fingerprint density at radius 3 is 2.19 bits per heavy atom. The summed E-state index contributed by atoms with van der Waals surface area (Å²) >= 11 is 0. The average molecular weight is 391 g/mol. The lowest BCUT2D eigenvalue weighted by Crippen LogP contribution is -2.11. The minimum Gasteiger partial charge on any atom is -0.481 e. The molecule has 0 spiro atoms. The van der Waals surface area contributed by atoms with Gasteiger partial charge < -0.3 is 4.74 Å². The fraction of sp³-hybridized carbons (Fsp3) is 0.400. The van der Waals surface area contributed by atoms with Crippen LogP contribution >= 0.6 is 0 Å². The fourth-order valence-corrected chi connectivity index (χ4v) is 4.22. The predicted molar refractivity (Wildman–Crippen MR) is 106 cm³/mol. The molecule has 1 aromatic carbocycles. The van der Waals surface area contributed by atoms with Crippen molar-refractivity contribution in [3.8, 4) is 5.88 Å². The van der Waals surface area contributed by atoms with Crippen LogP contribution in [0.15, 0.2) is 22.6 Å². The summed E-state index contributed by atoms with van der Waals surface area (Å²) < 4.78 is 31.5. The van der Waals surface area contributed by atoms with Crippen LogP contribution in [0.1, 0.15) is 53.5 Å². The van der Waals surface area contributed by atoms with Crippen LogP contribution in [0.4, 0.5) is 0 Å². The first-order valence-electron chi connectivity index (χ1n) is 8.52. The molecule has 146 valence electrons. The number of sulfone groups is 1. The topological polar surface area (TPSA) is 78.3 Å². The van der Waals surface area contributed by atoms with Crippen molar-refractivity contribution in [2.75, 3.05) is 13.4 Å². The SMILES string of the molecule is COc1c(C(=O)c2ccc(S(C)(=O)=O)c(C(C)=C(C)C)c2C)c(C)nn1C. The Balaban J connectivity index is 2.83. The third kappa shape index (κ3) is 3.69. The van der Waals surface area contributed by atoms with Crippen molar-refractivity contribution >= 4 is 21.2 Å². The second-order valence-corrected chi connectivity index (χ2v) is 8.92. The number of rotatable bonds is 5. The summed E-state index contributed by atoms with van der Waals surface area (Å²) in [5.41, 5.74) is 4.44. The number of methoxy groups -OCH3 is 1. The lowest BCUT2D eigenvalue weighted by molar-refractivity contribution is 0.103. The second-order valence-electron chi connectivity index (χ2n) is 6.93. The van der Waals surface area contributed by atoms with E-state index in [1.807, 2.05) is 20.8 Å². The highest BCUT2D eigenvalue weighted by atomic mass is 32.2. The molecule has 0 N–H and O–H groups in total. The predicted octanol–water partition coefficient (Wildman–Crippen LogP) is 3.49. The van der Waals surface area contributed by atoms with Gasteiger partial charge in [-0.1, -0.05) is 5.57 Å². The maximum atomic E-state index is 13.3. The van der Waals surface area contributed by atoms with Crippen LogP contribution < -0.4 is 4.74 Å². The van der Waals surface area contributed by atoms with Crippen LogP contribution in [0.25, 0.3) is 5.57 Å². The van der Waals surface area contributed by atoms with Crippen molar-refractivity contribution in [1.29, 1.82) is 0 Å². The molecular weight excluding hydrogens is 364 g/mol. The number of aromatic nitrogens is 2. The summed E-state index contributed by atoms with van der Waals surface area (Å²) in [5, 5.41) is 4.27. The molecule has 0 saturated heterocycles. The molecule has 0 saturated carbocycles. The smallest absolute Gasteiger partial charge is 0.223 e. The van der Waals surface area contributed by atoms with Gasteiger partial charge in [0.05, 0.1) is 17.7 Å². The molecule has 0 aliphatic rings. The van der Waals surface area contributed by atoms with Crippen LogP contribution in [0, 0.1) is 13.8 Å². The molecule has 7 heteroatoms. The minimum atomic E-state index is -3.45. The Morgan fingerprint density at radius 1 is 1.11 bits per heavy atom. The molecule has 0 atom stereocenters. The van der Waals surface area contributed by atoms with Gasteiger partial charge in [0.2, 0.25) is 11.7 Å². The lowest BCUT2D eigenvalue weighted by Gasteiger charge is -2.17. The molecule has 2 aromatic rings. The van der Waals surface area contributed by atoms with Crippen LogP contribution in [-0.4, -0.2) is 37.3 Å². The first-order valence-corrected chi connectivity index (χ1v) is 10.4. The molecule has 0 amide bonds. The monoisotopic (exact) mass is 390 g/mol. The molecule has 0 aliphatic heterocycles. The van der Waals surface area contributed by atoms with E-state index in [0.29, 0.717) is 33.8 Å². The van der Waals surface area contributed by atoms with Gasteiger partial charge in [0, 0.05) is 18.9 Å². The van der Waals surface area contributed by atoms with Gasteiger partial charge in [0.25, 0.3) is 0 Å². The van der Waals surface area contributed by atoms with Crippen LogP contribution in [-0.2, 0) is 16.9 Å². The zero-order valence-corrected chi connectivity index (χ0v) is 17.9. The summed E-state index contributed by atoms with van der Waals surface area (Å²) in [6, 6.07) is 3.08. The highest BCUT2D eigenvalue weighted by Crippen LogP contribution is 2.33. The normalized spacial score (nSPS) is 11.4. The van der Waals surface area contributed by atoms with Crippen molar-refractivity contribution in [2.24, 2.45) is 7.05 Å². The van der Waals surface area contributed by atoms with Gasteiger partial charge in [-0.3, -0.25) is 4.79 Å². The summed E-state index contributed by atoms with van der Waals surface area (Å²) in [5.74, 6) is 0.141. The first-order chi connectivity index (χ1) is 12.4. The molecule has 0 unspecified atom stereocenters. The number of ketones is 1. The van der Waals surface area contributed by atoms with Crippen LogP contribution in [0.2, 0.25) is 0 Å². The van der Waals surface area contributed by atoms with E-state index in [1.165, 1.54) is 24.1 Å². The molecule has 0 aliphatic carbocycles. The Morgan fingerprint density at radius 2 is 1.70 bits per heavy atom. The molecule has 6 nitrogen and oxygen atoms in total. The van der Waals surface area contributed by atoms with E-state index in [0.717, 1.165) is 11.1 Å². The van der Waals surface area contributed by atoms with E-state index in [4.69, 9.17) is 4.74 Å². The average Bonchev–Trinajstić information content (AvgIpc) is 2.85. The maximum Gasteiger partial charge on any atom is 0.223 e. The van der Waals surface area contributed by atoms with Crippen molar-refractivity contribution in [3.05, 3.63) is 45.7 Å². The van der Waals surface area contributed by atoms with Crippen molar-refractivity contribution in [3.63, 3.8) is 0 Å². The van der Waals surface area contributed by atoms with Gasteiger partial charge in [-0.05, 0) is 63.5 Å². The van der Waals surface area contributed by atoms with Gasteiger partial charge in [-0.25, -0.2) is 13.1 Å². The number of hydrogen-bond donors (Lipinski definition) is 0. The number of allylic oxidation sites excluding steroid dienone is 2. The Labute approximate surface area is 160 Å². The number of nitrogens with zero attached hydrogens (tertiary/aromatic N) is 2. The number of carbonyl (C=O) groups excluding carboxylic acids is 1. The quantitative estimate of drug-likeness (QED) is 0.730. The minimum absolute atomic E-state index is 0.227. The molecule has 1 heterocycles. The second kappa shape index (κ2) is 7.31. The van der Waals surface area contributed by atoms with E-state index < -0.39 is 9.84 Å². The third-order valence-corrected chi connectivity index (χ3v) is 5.93. The number of hydrogen-bond acceptors (Lipinski definition) is 5. The summed E-state index contributed by atoms with van der Waals surface area (Å²) in [7, 11) is -0.244. The Bertz CT molecular complexity index is 1060. The third-order valence-electron chi connectivity index (χ3n) is 4.79. The molecule has 0 radical (unpaired) electrons. The van der Waals surface area contributed by atoms with E-state index in [9.17, 15) is 13.2 Å². The molecule has 0 bridgehead atoms. The van der Waals surface area contributed by atoms with Gasteiger partial charge in [0.1, 0.15) is 5.56 Å². The van der Waals surface area contributed by atoms with Crippen molar-refractivity contribution in [1.82, 2.24) is 9.78 Å². The maximum absolute atomic E-state index is 13.3. The largest absolute Gasteiger partial charge is 0.481 e. The molecule has 2 rings (SSSR count). The number of ether oxygens (including phenoxy) is 1. The van der Waals surface area contributed by atoms with Crippen LogP contribution in [0.5, 0.6) is 5.88 Å². The Hall–Kier alpha value is -2.41. The van der Waals surface area contributed by atoms with E-state index >= 15 is 0 Å². The van der Waals surface area contributed by atoms with Crippen LogP contribution in [0.3, 0.4) is 0 Å². The summed E-state index contributed by atoms with van der Waals surface area (Å²) in [6.07, 6.45) is 1.18. The zero-order chi connectivity index (χ0) is 20.7. The zero-order valence-electron chi connectivity index (χ0n) is 17.1. The molecule has 0 fully saturated rings. The summed E-state index contributed by atoms with van der Waals surface area (Å²) in [4.78, 5) is 13.5. The van der Waals surface area contributed by atoms with Gasteiger partial charge >= 0.3 is 0 Å². The van der Waals surface area contributed by atoms with Gasteiger partial charge in [-0.2, -0.15) is 5.10 Å². The van der Waals surface area contributed by atoms with Crippen molar-refractivity contribution < 1.29 is 17.9 Å². The highest BCUT2D eigenvalue weighted by molar-refractivity contribution is 7.90. The van der Waals surface area contributed by atoms with E-state index in [1.54, 1.807) is 27.0 Å². The molecule has 27 heavy (non-hydrogen) atoms. The molecule has 1 aromatic heterocycles. The molecular formula is C20H26N2O4S.